The van der Waals surface area contributed by atoms with E-state index < -0.39 is 17.6 Å². The van der Waals surface area contributed by atoms with Crippen LogP contribution in [0.1, 0.15) is 11.6 Å². The molecule has 2 amide bonds. The van der Waals surface area contributed by atoms with Crippen molar-refractivity contribution in [2.45, 2.75) is 6.04 Å². The highest BCUT2D eigenvalue weighted by Gasteiger charge is 2.25. The minimum Gasteiger partial charge on any atom is -0.379 e. The fraction of sp³-hybridized carbons (Fsp3) is 0.364. The number of ether oxygens (including phenoxy) is 1. The van der Waals surface area contributed by atoms with Gasteiger partial charge in [0, 0.05) is 39.4 Å². The van der Waals surface area contributed by atoms with Crippen LogP contribution in [0.2, 0.25) is 0 Å². The van der Waals surface area contributed by atoms with Gasteiger partial charge < -0.3 is 20.3 Å². The number of halogens is 1. The molecule has 2 N–H and O–H groups in total. The molecular weight excluding hydrogens is 387 g/mol. The van der Waals surface area contributed by atoms with Crippen molar-refractivity contribution in [2.24, 2.45) is 0 Å². The summed E-state index contributed by atoms with van der Waals surface area (Å²) < 4.78 is 19.2. The van der Waals surface area contributed by atoms with Crippen LogP contribution in [0, 0.1) is 5.82 Å². The van der Waals surface area contributed by atoms with Crippen LogP contribution in [-0.4, -0.2) is 63.7 Å². The molecule has 30 heavy (non-hydrogen) atoms. The Hall–Kier alpha value is -2.97. The summed E-state index contributed by atoms with van der Waals surface area (Å²) in [6.45, 7) is 2.96. The van der Waals surface area contributed by atoms with Gasteiger partial charge in [0.2, 0.25) is 0 Å². The monoisotopic (exact) mass is 414 g/mol. The number of rotatable bonds is 6. The predicted molar refractivity (Wildman–Crippen MR) is 114 cm³/mol. The highest BCUT2D eigenvalue weighted by Crippen LogP contribution is 2.24. The summed E-state index contributed by atoms with van der Waals surface area (Å²) in [6.07, 6.45) is 0. The van der Waals surface area contributed by atoms with Crippen LogP contribution in [0.5, 0.6) is 0 Å². The van der Waals surface area contributed by atoms with Crippen LogP contribution >= 0.6 is 0 Å². The Morgan fingerprint density at radius 3 is 2.37 bits per heavy atom. The van der Waals surface area contributed by atoms with E-state index >= 15 is 0 Å². The maximum absolute atomic E-state index is 13.7. The lowest BCUT2D eigenvalue weighted by Gasteiger charge is -2.35. The number of anilines is 2. The molecule has 1 heterocycles. The summed E-state index contributed by atoms with van der Waals surface area (Å²) in [5, 5.41) is 5.00. The fourth-order valence-electron chi connectivity index (χ4n) is 3.35. The normalized spacial score (nSPS) is 15.3. The molecule has 8 heteroatoms. The van der Waals surface area contributed by atoms with E-state index in [1.165, 1.54) is 18.2 Å². The number of carbonyl (C=O) groups excluding carboxylic acids is 2. The number of morpholine rings is 1. The molecule has 1 aliphatic heterocycles. The summed E-state index contributed by atoms with van der Waals surface area (Å²) in [4.78, 5) is 28.7. The third-order valence-electron chi connectivity index (χ3n) is 5.06. The number of hydrogen-bond donors (Lipinski definition) is 2. The minimum absolute atomic E-state index is 0.0262. The van der Waals surface area contributed by atoms with Gasteiger partial charge in [0.1, 0.15) is 5.82 Å². The van der Waals surface area contributed by atoms with Crippen molar-refractivity contribution >= 4 is 23.2 Å². The molecule has 1 fully saturated rings. The lowest BCUT2D eigenvalue weighted by molar-refractivity contribution is -0.136. The van der Waals surface area contributed by atoms with Crippen molar-refractivity contribution in [3.63, 3.8) is 0 Å². The average Bonchev–Trinajstić information content (AvgIpc) is 2.76. The van der Waals surface area contributed by atoms with E-state index in [9.17, 15) is 14.0 Å². The van der Waals surface area contributed by atoms with Crippen LogP contribution in [0.3, 0.4) is 0 Å². The van der Waals surface area contributed by atoms with Crippen molar-refractivity contribution in [1.82, 2.24) is 10.2 Å². The number of carbonyl (C=O) groups is 2. The van der Waals surface area contributed by atoms with Crippen molar-refractivity contribution in [1.29, 1.82) is 0 Å². The van der Waals surface area contributed by atoms with Gasteiger partial charge in [-0.05, 0) is 29.8 Å². The fourth-order valence-corrected chi connectivity index (χ4v) is 3.35. The highest BCUT2D eigenvalue weighted by atomic mass is 19.1. The van der Waals surface area contributed by atoms with Crippen LogP contribution in [-0.2, 0) is 14.3 Å². The molecule has 1 atom stereocenters. The summed E-state index contributed by atoms with van der Waals surface area (Å²) in [5.74, 6) is -2.30. The van der Waals surface area contributed by atoms with Crippen LogP contribution in [0.15, 0.2) is 48.5 Å². The number of nitrogens with one attached hydrogen (secondary N) is 2. The van der Waals surface area contributed by atoms with Crippen molar-refractivity contribution in [3.05, 3.63) is 59.9 Å². The summed E-state index contributed by atoms with van der Waals surface area (Å²) >= 11 is 0. The summed E-state index contributed by atoms with van der Waals surface area (Å²) in [5.41, 5.74) is 2.09. The van der Waals surface area contributed by atoms with E-state index in [0.717, 1.165) is 24.3 Å². The Balaban J connectivity index is 1.67. The quantitative estimate of drug-likeness (QED) is 0.708. The largest absolute Gasteiger partial charge is 0.379 e. The molecule has 2 aromatic rings. The Morgan fingerprint density at radius 1 is 1.07 bits per heavy atom. The van der Waals surface area contributed by atoms with E-state index in [1.807, 2.05) is 43.3 Å². The number of amides is 2. The highest BCUT2D eigenvalue weighted by molar-refractivity contribution is 6.39. The zero-order valence-corrected chi connectivity index (χ0v) is 17.2. The molecule has 7 nitrogen and oxygen atoms in total. The Kier molecular flexibility index (Phi) is 7.37. The van der Waals surface area contributed by atoms with E-state index in [-0.39, 0.29) is 18.3 Å². The summed E-state index contributed by atoms with van der Waals surface area (Å²) in [7, 11) is 3.95. The molecule has 1 saturated heterocycles. The van der Waals surface area contributed by atoms with E-state index in [2.05, 4.69) is 15.5 Å². The van der Waals surface area contributed by atoms with Crippen molar-refractivity contribution < 1.29 is 18.7 Å². The molecule has 2 aromatic carbocycles. The molecule has 0 aromatic heterocycles. The maximum atomic E-state index is 13.7. The Morgan fingerprint density at radius 2 is 1.73 bits per heavy atom. The number of nitrogens with zero attached hydrogens (tertiary/aromatic N) is 2. The first-order chi connectivity index (χ1) is 14.5. The van der Waals surface area contributed by atoms with E-state index in [4.69, 9.17) is 4.74 Å². The average molecular weight is 414 g/mol. The maximum Gasteiger partial charge on any atom is 0.313 e. The van der Waals surface area contributed by atoms with Gasteiger partial charge >= 0.3 is 11.8 Å². The third-order valence-corrected chi connectivity index (χ3v) is 5.06. The molecule has 0 unspecified atom stereocenters. The molecule has 0 spiro atoms. The van der Waals surface area contributed by atoms with Gasteiger partial charge in [-0.25, -0.2) is 4.39 Å². The second kappa shape index (κ2) is 10.2. The second-order valence-electron chi connectivity index (χ2n) is 7.29. The number of hydrogen-bond acceptors (Lipinski definition) is 5. The minimum atomic E-state index is -0.899. The molecule has 0 saturated carbocycles. The lowest BCUT2D eigenvalue weighted by atomic mass is 10.0. The molecule has 160 valence electrons. The van der Waals surface area contributed by atoms with Crippen LogP contribution in [0.25, 0.3) is 0 Å². The molecule has 1 aliphatic rings. The van der Waals surface area contributed by atoms with Crippen LogP contribution in [0.4, 0.5) is 15.8 Å². The first-order valence-electron chi connectivity index (χ1n) is 9.88. The molecular formula is C22H27FN4O3. The van der Waals surface area contributed by atoms with Gasteiger partial charge in [0.25, 0.3) is 0 Å². The zero-order valence-electron chi connectivity index (χ0n) is 17.2. The molecule has 3 rings (SSSR count). The summed E-state index contributed by atoms with van der Waals surface area (Å²) in [6, 6.07) is 13.7. The van der Waals surface area contributed by atoms with Gasteiger partial charge in [-0.1, -0.05) is 24.3 Å². The van der Waals surface area contributed by atoms with Gasteiger partial charge in [0.05, 0.1) is 24.9 Å². The Labute approximate surface area is 175 Å². The second-order valence-corrected chi connectivity index (χ2v) is 7.29. The zero-order chi connectivity index (χ0) is 21.5. The van der Waals surface area contributed by atoms with E-state index in [0.29, 0.717) is 13.2 Å². The van der Waals surface area contributed by atoms with Gasteiger partial charge in [-0.15, -0.1) is 0 Å². The topological polar surface area (TPSA) is 73.9 Å². The number of benzene rings is 2. The molecule has 0 aliphatic carbocycles. The first-order valence-corrected chi connectivity index (χ1v) is 9.88. The SMILES string of the molecule is CN(C)c1ccc([C@@H](CNC(=O)C(=O)Nc2ccccc2F)N2CCOCC2)cc1. The van der Waals surface area contributed by atoms with Crippen LogP contribution < -0.4 is 15.5 Å². The Bertz CT molecular complexity index is 867. The standard InChI is InChI=1S/C22H27FN4O3/c1-26(2)17-9-7-16(8-10-17)20(27-11-13-30-14-12-27)15-24-21(28)22(29)25-19-6-4-3-5-18(19)23/h3-10,20H,11-15H2,1-2H3,(H,24,28)(H,25,29)/t20-/m1/s1. The molecule has 0 radical (unpaired) electrons. The lowest BCUT2D eigenvalue weighted by Crippen LogP contribution is -2.45. The predicted octanol–water partition coefficient (Wildman–Crippen LogP) is 2.02. The number of para-hydroxylation sites is 1. The van der Waals surface area contributed by atoms with Crippen molar-refractivity contribution in [3.8, 4) is 0 Å². The first kappa shape index (κ1) is 21.7. The molecule has 0 bridgehead atoms. The van der Waals surface area contributed by atoms with Gasteiger partial charge in [0.15, 0.2) is 0 Å². The van der Waals surface area contributed by atoms with E-state index in [1.54, 1.807) is 6.07 Å². The van der Waals surface area contributed by atoms with Crippen molar-refractivity contribution in [2.75, 3.05) is 57.2 Å². The van der Waals surface area contributed by atoms with Gasteiger partial charge in [-0.2, -0.15) is 0 Å². The third kappa shape index (κ3) is 5.55. The van der Waals surface area contributed by atoms with Gasteiger partial charge in [-0.3, -0.25) is 14.5 Å². The smallest absolute Gasteiger partial charge is 0.313 e.